The Morgan fingerprint density at radius 2 is 1.84 bits per heavy atom. The normalized spacial score (nSPS) is 11.1. The Morgan fingerprint density at radius 3 is 2.58 bits per heavy atom. The van der Waals surface area contributed by atoms with E-state index in [0.29, 0.717) is 16.6 Å². The number of rotatable bonds is 2. The minimum atomic E-state index is -0.0188. The van der Waals surface area contributed by atoms with Crippen molar-refractivity contribution in [2.45, 2.75) is 6.54 Å². The molecule has 1 aromatic carbocycles. The third kappa shape index (κ3) is 2.29. The van der Waals surface area contributed by atoms with Crippen LogP contribution in [0.15, 0.2) is 46.7 Å². The van der Waals surface area contributed by atoms with Gasteiger partial charge in [-0.15, -0.1) is 11.3 Å². The number of nitrogens with zero attached hydrogens (tertiary/aromatic N) is 1. The van der Waals surface area contributed by atoms with Crippen molar-refractivity contribution in [2.24, 2.45) is 0 Å². The summed E-state index contributed by atoms with van der Waals surface area (Å²) in [6.07, 6.45) is 1.78. The van der Waals surface area contributed by atoms with E-state index in [2.05, 4.69) is 0 Å². The molecule has 0 fully saturated rings. The molecule has 0 bridgehead atoms. The highest BCUT2D eigenvalue weighted by atomic mass is 35.5. The molecule has 0 N–H and O–H groups in total. The van der Waals surface area contributed by atoms with Gasteiger partial charge in [0.25, 0.3) is 5.56 Å². The van der Waals surface area contributed by atoms with Crippen molar-refractivity contribution < 1.29 is 0 Å². The van der Waals surface area contributed by atoms with Crippen LogP contribution in [0.25, 0.3) is 10.1 Å². The first-order valence-corrected chi connectivity index (χ1v) is 7.30. The molecule has 0 spiro atoms. The lowest BCUT2D eigenvalue weighted by atomic mass is 10.2. The highest BCUT2D eigenvalue weighted by molar-refractivity contribution is 7.17. The predicted octanol–water partition coefficient (Wildman–Crippen LogP) is 4.42. The summed E-state index contributed by atoms with van der Waals surface area (Å²) in [5.74, 6) is 0. The fraction of sp³-hybridized carbons (Fsp3) is 0.0714. The van der Waals surface area contributed by atoms with Gasteiger partial charge in [-0.2, -0.15) is 0 Å². The van der Waals surface area contributed by atoms with Crippen LogP contribution in [-0.4, -0.2) is 4.57 Å². The van der Waals surface area contributed by atoms with Gasteiger partial charge >= 0.3 is 0 Å². The zero-order valence-corrected chi connectivity index (χ0v) is 12.1. The first kappa shape index (κ1) is 12.7. The largest absolute Gasteiger partial charge is 0.310 e. The summed E-state index contributed by atoms with van der Waals surface area (Å²) in [5, 5.41) is 3.80. The lowest BCUT2D eigenvalue weighted by Crippen LogP contribution is -2.19. The highest BCUT2D eigenvalue weighted by Crippen LogP contribution is 2.25. The number of benzene rings is 1. The van der Waals surface area contributed by atoms with E-state index < -0.39 is 0 Å². The standard InChI is InChI=1S/C14H9Cl2NOS/c15-11-2-1-3-12(16)10(11)8-17-6-4-13-9(14(17)18)5-7-19-13/h1-7H,8H2. The molecule has 19 heavy (non-hydrogen) atoms. The van der Waals surface area contributed by atoms with E-state index in [1.807, 2.05) is 17.5 Å². The molecule has 2 heterocycles. The first-order chi connectivity index (χ1) is 9.16. The van der Waals surface area contributed by atoms with Crippen LogP contribution in [0, 0.1) is 0 Å². The summed E-state index contributed by atoms with van der Waals surface area (Å²) < 4.78 is 2.62. The smallest absolute Gasteiger partial charge is 0.259 e. The van der Waals surface area contributed by atoms with Gasteiger partial charge in [-0.3, -0.25) is 4.79 Å². The van der Waals surface area contributed by atoms with Crippen LogP contribution in [0.3, 0.4) is 0 Å². The van der Waals surface area contributed by atoms with E-state index >= 15 is 0 Å². The molecule has 96 valence electrons. The van der Waals surface area contributed by atoms with Gasteiger partial charge in [0.05, 0.1) is 11.9 Å². The molecule has 0 unspecified atom stereocenters. The van der Waals surface area contributed by atoms with E-state index in [-0.39, 0.29) is 5.56 Å². The van der Waals surface area contributed by atoms with Gasteiger partial charge in [0.1, 0.15) is 0 Å². The Hall–Kier alpha value is -1.29. The van der Waals surface area contributed by atoms with Gasteiger partial charge in [0.15, 0.2) is 0 Å². The van der Waals surface area contributed by atoms with Crippen LogP contribution in [0.2, 0.25) is 10.0 Å². The molecule has 0 aliphatic heterocycles. The maximum absolute atomic E-state index is 12.3. The first-order valence-electron chi connectivity index (χ1n) is 5.66. The molecule has 0 saturated carbocycles. The third-order valence-electron chi connectivity index (χ3n) is 2.98. The van der Waals surface area contributed by atoms with E-state index in [4.69, 9.17) is 23.2 Å². The highest BCUT2D eigenvalue weighted by Gasteiger charge is 2.09. The van der Waals surface area contributed by atoms with Gasteiger partial charge in [0.2, 0.25) is 0 Å². The number of fused-ring (bicyclic) bond motifs is 1. The maximum atomic E-state index is 12.3. The monoisotopic (exact) mass is 309 g/mol. The molecule has 0 radical (unpaired) electrons. The van der Waals surface area contributed by atoms with Crippen LogP contribution in [0.4, 0.5) is 0 Å². The van der Waals surface area contributed by atoms with Crippen molar-refractivity contribution in [3.63, 3.8) is 0 Å². The molecule has 2 nitrogen and oxygen atoms in total. The number of thiophene rings is 1. The number of hydrogen-bond acceptors (Lipinski definition) is 2. The Labute approximate surface area is 123 Å². The summed E-state index contributed by atoms with van der Waals surface area (Å²) in [7, 11) is 0. The van der Waals surface area contributed by atoms with Crippen molar-refractivity contribution >= 4 is 44.6 Å². The molecule has 0 saturated heterocycles. The van der Waals surface area contributed by atoms with Crippen molar-refractivity contribution in [2.75, 3.05) is 0 Å². The molecule has 2 aromatic heterocycles. The van der Waals surface area contributed by atoms with Crippen LogP contribution in [0.1, 0.15) is 5.56 Å². The molecule has 3 aromatic rings. The predicted molar refractivity (Wildman–Crippen MR) is 81.6 cm³/mol. The van der Waals surface area contributed by atoms with Gasteiger partial charge in [-0.25, -0.2) is 0 Å². The number of halogens is 2. The van der Waals surface area contributed by atoms with Crippen molar-refractivity contribution in [1.29, 1.82) is 0 Å². The summed E-state index contributed by atoms with van der Waals surface area (Å²) in [6, 6.07) is 9.12. The van der Waals surface area contributed by atoms with Crippen molar-refractivity contribution in [3.8, 4) is 0 Å². The number of hydrogen-bond donors (Lipinski definition) is 0. The SMILES string of the molecule is O=c1c2ccsc2ccn1Cc1c(Cl)cccc1Cl. The van der Waals surface area contributed by atoms with Crippen molar-refractivity contribution in [3.05, 3.63) is 67.9 Å². The van der Waals surface area contributed by atoms with E-state index in [1.54, 1.807) is 40.3 Å². The zero-order valence-electron chi connectivity index (χ0n) is 9.77. The minimum Gasteiger partial charge on any atom is -0.310 e. The number of pyridine rings is 1. The zero-order chi connectivity index (χ0) is 13.4. The number of aromatic nitrogens is 1. The average molecular weight is 310 g/mol. The molecular weight excluding hydrogens is 301 g/mol. The summed E-state index contributed by atoms with van der Waals surface area (Å²) in [4.78, 5) is 12.3. The summed E-state index contributed by atoms with van der Waals surface area (Å²) in [6.45, 7) is 0.378. The molecule has 3 rings (SSSR count). The Kier molecular flexibility index (Phi) is 3.35. The van der Waals surface area contributed by atoms with Gasteiger partial charge in [-0.1, -0.05) is 29.3 Å². The fourth-order valence-electron chi connectivity index (χ4n) is 1.99. The molecular formula is C14H9Cl2NOS. The lowest BCUT2D eigenvalue weighted by molar-refractivity contribution is 0.769. The molecule has 0 atom stereocenters. The Bertz CT molecular complexity index is 786. The fourth-order valence-corrected chi connectivity index (χ4v) is 3.27. The molecule has 0 aliphatic carbocycles. The van der Waals surface area contributed by atoms with E-state index in [1.165, 1.54) is 0 Å². The summed E-state index contributed by atoms with van der Waals surface area (Å²) >= 11 is 13.8. The van der Waals surface area contributed by atoms with Crippen LogP contribution in [-0.2, 0) is 6.54 Å². The van der Waals surface area contributed by atoms with E-state index in [9.17, 15) is 4.79 Å². The van der Waals surface area contributed by atoms with Gasteiger partial charge in [0, 0.05) is 26.5 Å². The third-order valence-corrected chi connectivity index (χ3v) is 4.57. The quantitative estimate of drug-likeness (QED) is 0.687. The van der Waals surface area contributed by atoms with Gasteiger partial charge < -0.3 is 4.57 Å². The van der Waals surface area contributed by atoms with Crippen molar-refractivity contribution in [1.82, 2.24) is 4.57 Å². The second kappa shape index (κ2) is 5.00. The molecule has 0 amide bonds. The Morgan fingerprint density at radius 1 is 1.11 bits per heavy atom. The molecule has 0 aliphatic rings. The van der Waals surface area contributed by atoms with Gasteiger partial charge in [-0.05, 0) is 29.6 Å². The second-order valence-electron chi connectivity index (χ2n) is 4.15. The molecule has 5 heteroatoms. The van der Waals surface area contributed by atoms with Crippen LogP contribution < -0.4 is 5.56 Å². The average Bonchev–Trinajstić information content (AvgIpc) is 2.85. The second-order valence-corrected chi connectivity index (χ2v) is 5.91. The van der Waals surface area contributed by atoms with Crippen LogP contribution in [0.5, 0.6) is 0 Å². The van der Waals surface area contributed by atoms with E-state index in [0.717, 1.165) is 15.6 Å². The summed E-state index contributed by atoms with van der Waals surface area (Å²) in [5.41, 5.74) is 0.747. The Balaban J connectivity index is 2.11. The van der Waals surface area contributed by atoms with Crippen LogP contribution >= 0.6 is 34.5 Å². The minimum absolute atomic E-state index is 0.0188. The lowest BCUT2D eigenvalue weighted by Gasteiger charge is -2.09. The maximum Gasteiger partial charge on any atom is 0.259 e. The topological polar surface area (TPSA) is 22.0 Å².